The number of aryl methyl sites for hydroxylation is 1. The molecule has 0 atom stereocenters. The van der Waals surface area contributed by atoms with Gasteiger partial charge in [0.15, 0.2) is 5.89 Å². The van der Waals surface area contributed by atoms with Gasteiger partial charge in [-0.1, -0.05) is 12.1 Å². The number of anilines is 1. The molecule has 0 bridgehead atoms. The van der Waals surface area contributed by atoms with Crippen LogP contribution in [0.1, 0.15) is 18.7 Å². The van der Waals surface area contributed by atoms with E-state index in [-0.39, 0.29) is 0 Å². The van der Waals surface area contributed by atoms with E-state index in [1.54, 1.807) is 6.26 Å². The largest absolute Gasteiger partial charge is 0.449 e. The maximum atomic E-state index is 5.25. The molecule has 2 heterocycles. The summed E-state index contributed by atoms with van der Waals surface area (Å²) in [5.41, 5.74) is 3.17. The molecule has 1 aromatic heterocycles. The third-order valence-corrected chi connectivity index (χ3v) is 4.23. The number of likely N-dealkylation sites (tertiary alicyclic amines) is 1. The van der Waals surface area contributed by atoms with Gasteiger partial charge in [-0.3, -0.25) is 0 Å². The Bertz CT molecular complexity index is 568. The van der Waals surface area contributed by atoms with Crippen LogP contribution in [-0.2, 0) is 0 Å². The van der Waals surface area contributed by atoms with Crippen LogP contribution >= 0.6 is 0 Å². The molecule has 2 aromatic rings. The Morgan fingerprint density at radius 1 is 1.24 bits per heavy atom. The molecule has 4 heteroatoms. The Labute approximate surface area is 126 Å². The van der Waals surface area contributed by atoms with Crippen LogP contribution < -0.4 is 5.32 Å². The molecule has 1 aliphatic rings. The number of oxazole rings is 1. The number of aromatic nitrogens is 1. The predicted octanol–water partition coefficient (Wildman–Crippen LogP) is 3.40. The highest BCUT2D eigenvalue weighted by Gasteiger charge is 2.16. The summed E-state index contributed by atoms with van der Waals surface area (Å²) in [5.74, 6) is 1.49. The topological polar surface area (TPSA) is 41.3 Å². The first kappa shape index (κ1) is 14.1. The van der Waals surface area contributed by atoms with E-state index in [1.807, 2.05) is 6.92 Å². The van der Waals surface area contributed by atoms with Crippen LogP contribution in [0.25, 0.3) is 11.3 Å². The van der Waals surface area contributed by atoms with Gasteiger partial charge in [-0.2, -0.15) is 0 Å². The fourth-order valence-corrected chi connectivity index (χ4v) is 2.78. The maximum absolute atomic E-state index is 5.25. The summed E-state index contributed by atoms with van der Waals surface area (Å²) < 4.78 is 5.25. The minimum absolute atomic E-state index is 0.703. The highest BCUT2D eigenvalue weighted by atomic mass is 16.3. The van der Waals surface area contributed by atoms with Crippen LogP contribution in [0, 0.1) is 12.8 Å². The summed E-state index contributed by atoms with van der Waals surface area (Å²) in [6.07, 6.45) is 4.29. The average molecular weight is 285 g/mol. The van der Waals surface area contributed by atoms with E-state index in [0.717, 1.165) is 23.7 Å². The van der Waals surface area contributed by atoms with Crippen LogP contribution in [-0.4, -0.2) is 36.6 Å². The monoisotopic (exact) mass is 285 g/mol. The summed E-state index contributed by atoms with van der Waals surface area (Å²) in [6, 6.07) is 8.42. The molecule has 4 nitrogen and oxygen atoms in total. The number of nitrogens with one attached hydrogen (secondary N) is 1. The zero-order chi connectivity index (χ0) is 14.7. The lowest BCUT2D eigenvalue weighted by atomic mass is 9.97. The second-order valence-corrected chi connectivity index (χ2v) is 5.96. The average Bonchev–Trinajstić information content (AvgIpc) is 2.94. The Morgan fingerprint density at radius 2 is 1.95 bits per heavy atom. The van der Waals surface area contributed by atoms with Crippen molar-refractivity contribution in [2.45, 2.75) is 19.8 Å². The van der Waals surface area contributed by atoms with Gasteiger partial charge in [0.25, 0.3) is 0 Å². The first-order valence-electron chi connectivity index (χ1n) is 7.66. The fourth-order valence-electron chi connectivity index (χ4n) is 2.78. The number of piperidine rings is 1. The van der Waals surface area contributed by atoms with Crippen molar-refractivity contribution < 1.29 is 4.42 Å². The Balaban J connectivity index is 1.55. The molecule has 0 aliphatic carbocycles. The number of rotatable bonds is 4. The van der Waals surface area contributed by atoms with Crippen molar-refractivity contribution in [3.05, 3.63) is 36.4 Å². The van der Waals surface area contributed by atoms with Gasteiger partial charge in [0.2, 0.25) is 0 Å². The lowest BCUT2D eigenvalue weighted by molar-refractivity contribution is 0.226. The first-order chi connectivity index (χ1) is 10.2. The highest BCUT2D eigenvalue weighted by Crippen LogP contribution is 2.22. The van der Waals surface area contributed by atoms with E-state index in [1.165, 1.54) is 31.6 Å². The Kier molecular flexibility index (Phi) is 4.25. The molecule has 0 unspecified atom stereocenters. The molecule has 0 saturated carbocycles. The molecule has 1 aromatic carbocycles. The molecule has 0 spiro atoms. The van der Waals surface area contributed by atoms with E-state index >= 15 is 0 Å². The van der Waals surface area contributed by atoms with Gasteiger partial charge in [-0.25, -0.2) is 4.98 Å². The summed E-state index contributed by atoms with van der Waals surface area (Å²) >= 11 is 0. The van der Waals surface area contributed by atoms with Gasteiger partial charge in [-0.15, -0.1) is 0 Å². The number of benzene rings is 1. The molecular weight excluding hydrogens is 262 g/mol. The smallest absolute Gasteiger partial charge is 0.191 e. The fraction of sp³-hybridized carbons (Fsp3) is 0.471. The van der Waals surface area contributed by atoms with Crippen molar-refractivity contribution in [1.82, 2.24) is 9.88 Å². The van der Waals surface area contributed by atoms with Gasteiger partial charge in [0.05, 0.1) is 0 Å². The molecule has 3 rings (SSSR count). The van der Waals surface area contributed by atoms with Crippen molar-refractivity contribution in [2.75, 3.05) is 32.0 Å². The Morgan fingerprint density at radius 3 is 2.57 bits per heavy atom. The summed E-state index contributed by atoms with van der Waals surface area (Å²) in [4.78, 5) is 6.75. The van der Waals surface area contributed by atoms with Gasteiger partial charge in [-0.05, 0) is 51.0 Å². The molecule has 1 saturated heterocycles. The first-order valence-corrected chi connectivity index (χ1v) is 7.66. The number of nitrogens with zero attached hydrogens (tertiary/aromatic N) is 2. The molecular formula is C17H23N3O. The van der Waals surface area contributed by atoms with Crippen LogP contribution in [0.3, 0.4) is 0 Å². The summed E-state index contributed by atoms with van der Waals surface area (Å²) in [5, 5.41) is 3.55. The van der Waals surface area contributed by atoms with Crippen molar-refractivity contribution >= 4 is 5.69 Å². The zero-order valence-corrected chi connectivity index (χ0v) is 12.8. The lowest BCUT2D eigenvalue weighted by Crippen LogP contribution is -2.32. The Hall–Kier alpha value is -1.81. The minimum atomic E-state index is 0.703. The van der Waals surface area contributed by atoms with E-state index in [2.05, 4.69) is 46.5 Å². The second-order valence-electron chi connectivity index (χ2n) is 5.96. The van der Waals surface area contributed by atoms with Crippen molar-refractivity contribution in [3.63, 3.8) is 0 Å². The summed E-state index contributed by atoms with van der Waals surface area (Å²) in [7, 11) is 2.20. The van der Waals surface area contributed by atoms with Crippen LogP contribution in [0.4, 0.5) is 5.69 Å². The van der Waals surface area contributed by atoms with Crippen molar-refractivity contribution in [1.29, 1.82) is 0 Å². The minimum Gasteiger partial charge on any atom is -0.449 e. The van der Waals surface area contributed by atoms with E-state index in [0.29, 0.717) is 5.89 Å². The molecule has 1 aliphatic heterocycles. The van der Waals surface area contributed by atoms with Gasteiger partial charge in [0, 0.05) is 24.7 Å². The van der Waals surface area contributed by atoms with E-state index < -0.39 is 0 Å². The number of hydrogen-bond donors (Lipinski definition) is 1. The van der Waals surface area contributed by atoms with E-state index in [9.17, 15) is 0 Å². The second kappa shape index (κ2) is 6.31. The van der Waals surface area contributed by atoms with Crippen molar-refractivity contribution in [3.8, 4) is 11.3 Å². The van der Waals surface area contributed by atoms with Gasteiger partial charge in [0.1, 0.15) is 12.0 Å². The third kappa shape index (κ3) is 3.64. The number of hydrogen-bond acceptors (Lipinski definition) is 4. The molecule has 0 radical (unpaired) electrons. The third-order valence-electron chi connectivity index (χ3n) is 4.23. The molecule has 1 N–H and O–H groups in total. The predicted molar refractivity (Wildman–Crippen MR) is 85.4 cm³/mol. The van der Waals surface area contributed by atoms with Gasteiger partial charge >= 0.3 is 0 Å². The molecule has 1 fully saturated rings. The van der Waals surface area contributed by atoms with Crippen LogP contribution in [0.2, 0.25) is 0 Å². The maximum Gasteiger partial charge on any atom is 0.191 e. The molecule has 21 heavy (non-hydrogen) atoms. The normalized spacial score (nSPS) is 17.0. The summed E-state index contributed by atoms with van der Waals surface area (Å²) in [6.45, 7) is 5.37. The lowest BCUT2D eigenvalue weighted by Gasteiger charge is -2.29. The molecule has 112 valence electrons. The molecule has 0 amide bonds. The van der Waals surface area contributed by atoms with Crippen LogP contribution in [0.5, 0.6) is 0 Å². The van der Waals surface area contributed by atoms with Crippen LogP contribution in [0.15, 0.2) is 34.9 Å². The zero-order valence-electron chi connectivity index (χ0n) is 12.8. The quantitative estimate of drug-likeness (QED) is 0.934. The highest BCUT2D eigenvalue weighted by molar-refractivity contribution is 5.61. The van der Waals surface area contributed by atoms with E-state index in [4.69, 9.17) is 4.42 Å². The SMILES string of the molecule is Cc1nc(-c2ccc(NCC3CCN(C)CC3)cc2)co1. The van der Waals surface area contributed by atoms with Crippen molar-refractivity contribution in [2.24, 2.45) is 5.92 Å². The van der Waals surface area contributed by atoms with Gasteiger partial charge < -0.3 is 14.6 Å². The standard InChI is InChI=1S/C17H23N3O/c1-13-19-17(12-21-13)15-3-5-16(6-4-15)18-11-14-7-9-20(2)10-8-14/h3-6,12,14,18H,7-11H2,1-2H3.